The molecule has 0 aliphatic rings. The molecule has 0 fully saturated rings. The van der Waals surface area contributed by atoms with Gasteiger partial charge in [0.15, 0.2) is 0 Å². The van der Waals surface area contributed by atoms with Gasteiger partial charge in [-0.25, -0.2) is 0 Å². The number of benzene rings is 1. The molecule has 0 spiro atoms. The van der Waals surface area contributed by atoms with Crippen LogP contribution in [0.15, 0.2) is 42.1 Å². The predicted octanol–water partition coefficient (Wildman–Crippen LogP) is 0.293. The highest BCUT2D eigenvalue weighted by Crippen LogP contribution is 2.00. The monoisotopic (exact) mass is 219 g/mol. The van der Waals surface area contributed by atoms with Crippen LogP contribution in [0, 0.1) is 0 Å². The lowest BCUT2D eigenvalue weighted by Crippen LogP contribution is -2.29. The second-order valence-corrected chi connectivity index (χ2v) is 3.26. The predicted molar refractivity (Wildman–Crippen MR) is 64.6 cm³/mol. The third kappa shape index (κ3) is 3.53. The largest absolute Gasteiger partial charge is 0.488 e. The van der Waals surface area contributed by atoms with Gasteiger partial charge in [0.2, 0.25) is 0 Å². The highest BCUT2D eigenvalue weighted by molar-refractivity contribution is 6.58. The molecule has 16 heavy (non-hydrogen) atoms. The van der Waals surface area contributed by atoms with E-state index in [1.165, 1.54) is 0 Å². The Kier molecular flexibility index (Phi) is 4.76. The van der Waals surface area contributed by atoms with Crippen LogP contribution in [0.25, 0.3) is 0 Å². The summed E-state index contributed by atoms with van der Waals surface area (Å²) in [4.78, 5) is 4.95. The summed E-state index contributed by atoms with van der Waals surface area (Å²) in [6.45, 7) is 5.69. The van der Waals surface area contributed by atoms with Crippen LogP contribution in [0.3, 0.4) is 0 Å². The van der Waals surface area contributed by atoms with Gasteiger partial charge in [-0.3, -0.25) is 0 Å². The molecular formula is C11H14BNO3. The topological polar surface area (TPSA) is 62.0 Å². The summed E-state index contributed by atoms with van der Waals surface area (Å²) < 4.78 is 0. The smallest absolute Gasteiger partial charge is 0.423 e. The fraction of sp³-hybridized carbons (Fsp3) is 0.182. The quantitative estimate of drug-likeness (QED) is 0.246. The van der Waals surface area contributed by atoms with Gasteiger partial charge in [-0.1, -0.05) is 42.1 Å². The average Bonchev–Trinajstić information content (AvgIpc) is 2.29. The molecule has 0 heterocycles. The minimum atomic E-state index is -1.44. The van der Waals surface area contributed by atoms with Gasteiger partial charge in [0, 0.05) is 0 Å². The van der Waals surface area contributed by atoms with Crippen molar-refractivity contribution in [2.24, 2.45) is 5.16 Å². The van der Waals surface area contributed by atoms with E-state index in [0.717, 1.165) is 11.3 Å². The fourth-order valence-electron chi connectivity index (χ4n) is 1.14. The molecule has 0 aliphatic heterocycles. The fourth-order valence-corrected chi connectivity index (χ4v) is 1.14. The number of hydrogen-bond acceptors (Lipinski definition) is 4. The molecule has 1 rings (SSSR count). The Bertz CT molecular complexity index is 373. The van der Waals surface area contributed by atoms with Crippen molar-refractivity contribution in [3.05, 3.63) is 42.5 Å². The summed E-state index contributed by atoms with van der Waals surface area (Å²) in [7, 11) is -1.44. The summed E-state index contributed by atoms with van der Waals surface area (Å²) in [6.07, 6.45) is 1.61. The van der Waals surface area contributed by atoms with Crippen LogP contribution < -0.4 is 5.46 Å². The van der Waals surface area contributed by atoms with Gasteiger partial charge in [-0.05, 0) is 17.9 Å². The SMILES string of the molecule is C=CCO/N=C(/C)c1ccc(B(O)O)cc1. The maximum Gasteiger partial charge on any atom is 0.488 e. The van der Waals surface area contributed by atoms with E-state index >= 15 is 0 Å². The summed E-state index contributed by atoms with van der Waals surface area (Å²) in [5.41, 5.74) is 2.04. The van der Waals surface area contributed by atoms with Crippen LogP contribution in [-0.4, -0.2) is 29.5 Å². The molecule has 0 saturated carbocycles. The molecule has 0 bridgehead atoms. The highest BCUT2D eigenvalue weighted by Gasteiger charge is 2.10. The van der Waals surface area contributed by atoms with Crippen molar-refractivity contribution in [1.29, 1.82) is 0 Å². The molecule has 2 N–H and O–H groups in total. The molecule has 0 aliphatic carbocycles. The van der Waals surface area contributed by atoms with Crippen LogP contribution in [0.2, 0.25) is 0 Å². The second kappa shape index (κ2) is 6.10. The maximum atomic E-state index is 8.92. The lowest BCUT2D eigenvalue weighted by Gasteiger charge is -2.03. The van der Waals surface area contributed by atoms with Gasteiger partial charge in [-0.2, -0.15) is 0 Å². The second-order valence-electron chi connectivity index (χ2n) is 3.26. The van der Waals surface area contributed by atoms with Gasteiger partial charge in [-0.15, -0.1) is 0 Å². The zero-order valence-electron chi connectivity index (χ0n) is 9.13. The van der Waals surface area contributed by atoms with Gasteiger partial charge < -0.3 is 14.9 Å². The third-order valence-electron chi connectivity index (χ3n) is 2.02. The minimum Gasteiger partial charge on any atom is -0.423 e. The first-order valence-corrected chi connectivity index (χ1v) is 4.89. The van der Waals surface area contributed by atoms with Crippen molar-refractivity contribution in [3.63, 3.8) is 0 Å². The zero-order chi connectivity index (χ0) is 12.0. The highest BCUT2D eigenvalue weighted by atomic mass is 16.6. The molecule has 0 unspecified atom stereocenters. The van der Waals surface area contributed by atoms with Crippen LogP contribution in [0.4, 0.5) is 0 Å². The van der Waals surface area contributed by atoms with E-state index in [2.05, 4.69) is 11.7 Å². The van der Waals surface area contributed by atoms with E-state index < -0.39 is 7.12 Å². The first kappa shape index (κ1) is 12.5. The van der Waals surface area contributed by atoms with Crippen molar-refractivity contribution >= 4 is 18.3 Å². The lowest BCUT2D eigenvalue weighted by molar-refractivity contribution is 0.175. The van der Waals surface area contributed by atoms with Gasteiger partial charge in [0.1, 0.15) is 6.61 Å². The zero-order valence-corrected chi connectivity index (χ0v) is 9.13. The van der Waals surface area contributed by atoms with E-state index in [1.54, 1.807) is 30.3 Å². The average molecular weight is 219 g/mol. The molecule has 0 atom stereocenters. The number of oxime groups is 1. The summed E-state index contributed by atoms with van der Waals surface area (Å²) in [5.74, 6) is 0. The first-order valence-electron chi connectivity index (χ1n) is 4.89. The van der Waals surface area contributed by atoms with Gasteiger partial charge in [0.05, 0.1) is 5.71 Å². The van der Waals surface area contributed by atoms with Gasteiger partial charge in [0.25, 0.3) is 0 Å². The Balaban J connectivity index is 2.73. The standard InChI is InChI=1S/C11H14BNO3/c1-3-8-16-13-9(2)10-4-6-11(7-5-10)12(14)15/h3-7,14-15H,1,8H2,2H3/b13-9-. The molecule has 0 aromatic heterocycles. The third-order valence-corrected chi connectivity index (χ3v) is 2.02. The lowest BCUT2D eigenvalue weighted by atomic mass is 9.80. The van der Waals surface area contributed by atoms with Crippen LogP contribution in [0.1, 0.15) is 12.5 Å². The molecule has 84 valence electrons. The normalized spacial score (nSPS) is 11.1. The Labute approximate surface area is 95.0 Å². The minimum absolute atomic E-state index is 0.366. The summed E-state index contributed by atoms with van der Waals surface area (Å²) in [5, 5.41) is 21.7. The van der Waals surface area contributed by atoms with Crippen LogP contribution in [0.5, 0.6) is 0 Å². The molecule has 1 aromatic rings. The number of hydrogen-bond donors (Lipinski definition) is 2. The first-order chi connectivity index (χ1) is 7.65. The van der Waals surface area contributed by atoms with Crippen molar-refractivity contribution in [2.45, 2.75) is 6.92 Å². The van der Waals surface area contributed by atoms with Crippen LogP contribution >= 0.6 is 0 Å². The Hall–Kier alpha value is -1.59. The van der Waals surface area contributed by atoms with Crippen molar-refractivity contribution in [2.75, 3.05) is 6.61 Å². The van der Waals surface area contributed by atoms with Crippen molar-refractivity contribution in [3.8, 4) is 0 Å². The molecular weight excluding hydrogens is 205 g/mol. The Morgan fingerprint density at radius 2 is 2.06 bits per heavy atom. The molecule has 4 nitrogen and oxygen atoms in total. The molecule has 0 saturated heterocycles. The number of rotatable bonds is 5. The Morgan fingerprint density at radius 1 is 1.44 bits per heavy atom. The molecule has 0 amide bonds. The molecule has 1 aromatic carbocycles. The van der Waals surface area contributed by atoms with Gasteiger partial charge >= 0.3 is 7.12 Å². The van der Waals surface area contributed by atoms with E-state index in [0.29, 0.717) is 12.1 Å². The van der Waals surface area contributed by atoms with Crippen molar-refractivity contribution in [1.82, 2.24) is 0 Å². The van der Waals surface area contributed by atoms with E-state index in [1.807, 2.05) is 6.92 Å². The maximum absolute atomic E-state index is 8.92. The van der Waals surface area contributed by atoms with E-state index in [-0.39, 0.29) is 0 Å². The van der Waals surface area contributed by atoms with Crippen molar-refractivity contribution < 1.29 is 14.9 Å². The molecule has 5 heteroatoms. The summed E-state index contributed by atoms with van der Waals surface area (Å²) in [6, 6.07) is 6.77. The summed E-state index contributed by atoms with van der Waals surface area (Å²) >= 11 is 0. The van der Waals surface area contributed by atoms with E-state index in [4.69, 9.17) is 14.9 Å². The number of nitrogens with zero attached hydrogens (tertiary/aromatic N) is 1. The van der Waals surface area contributed by atoms with Crippen LogP contribution in [-0.2, 0) is 4.84 Å². The van der Waals surface area contributed by atoms with E-state index in [9.17, 15) is 0 Å². The molecule has 0 radical (unpaired) electrons. The Morgan fingerprint density at radius 3 is 2.56 bits per heavy atom.